The van der Waals surface area contributed by atoms with Gasteiger partial charge in [0.1, 0.15) is 11.5 Å². The first-order valence-electron chi connectivity index (χ1n) is 8.04. The average Bonchev–Trinajstić information content (AvgIpc) is 2.48. The molecule has 1 fully saturated rings. The summed E-state index contributed by atoms with van der Waals surface area (Å²) in [4.78, 5) is 13.9. The molecule has 0 radical (unpaired) electrons. The topological polar surface area (TPSA) is 87.7 Å². The van der Waals surface area contributed by atoms with Crippen molar-refractivity contribution in [2.24, 2.45) is 0 Å². The fourth-order valence-electron chi connectivity index (χ4n) is 2.55. The normalized spacial score (nSPS) is 17.8. The molecule has 7 nitrogen and oxygen atoms in total. The van der Waals surface area contributed by atoms with Gasteiger partial charge in [-0.3, -0.25) is 9.52 Å². The molecule has 0 saturated carbocycles. The third-order valence-corrected chi connectivity index (χ3v) is 4.81. The van der Waals surface area contributed by atoms with Gasteiger partial charge < -0.3 is 15.0 Å². The summed E-state index contributed by atoms with van der Waals surface area (Å²) < 4.78 is 32.4. The molecule has 2 N–H and O–H groups in total. The monoisotopic (exact) mass is 391 g/mol. The minimum atomic E-state index is -3.74. The maximum absolute atomic E-state index is 12.2. The van der Waals surface area contributed by atoms with E-state index in [-0.39, 0.29) is 30.5 Å². The van der Waals surface area contributed by atoms with Crippen LogP contribution in [-0.4, -0.2) is 56.8 Å². The van der Waals surface area contributed by atoms with Gasteiger partial charge in [-0.25, -0.2) is 8.42 Å². The van der Waals surface area contributed by atoms with Gasteiger partial charge >= 0.3 is 0 Å². The molecule has 1 amide bonds. The van der Waals surface area contributed by atoms with E-state index in [2.05, 4.69) is 10.0 Å². The van der Waals surface area contributed by atoms with Crippen LogP contribution >= 0.6 is 12.4 Å². The molecule has 25 heavy (non-hydrogen) atoms. The summed E-state index contributed by atoms with van der Waals surface area (Å²) in [7, 11) is -3.74. The van der Waals surface area contributed by atoms with Gasteiger partial charge in [0.25, 0.3) is 0 Å². The lowest BCUT2D eigenvalue weighted by Crippen LogP contribution is -2.53. The van der Waals surface area contributed by atoms with Crippen LogP contribution in [0.5, 0.6) is 5.75 Å². The Balaban J connectivity index is 0.00000312. The van der Waals surface area contributed by atoms with Crippen LogP contribution in [0.15, 0.2) is 24.3 Å². The molecule has 1 aromatic carbocycles. The average molecular weight is 392 g/mol. The molecule has 1 atom stereocenters. The van der Waals surface area contributed by atoms with Gasteiger partial charge in [-0.1, -0.05) is 0 Å². The molecule has 1 aromatic rings. The fraction of sp³-hybridized carbons (Fsp3) is 0.562. The lowest BCUT2D eigenvalue weighted by molar-refractivity contribution is -0.131. The Kier molecular flexibility index (Phi) is 7.98. The van der Waals surface area contributed by atoms with Crippen molar-refractivity contribution in [1.29, 1.82) is 0 Å². The molecule has 0 aromatic heterocycles. The number of piperazine rings is 1. The minimum Gasteiger partial charge on any atom is -0.491 e. The van der Waals surface area contributed by atoms with E-state index in [1.165, 1.54) is 0 Å². The number of hydrogen-bond acceptors (Lipinski definition) is 5. The number of anilines is 1. The van der Waals surface area contributed by atoms with Gasteiger partial charge in [0.15, 0.2) is 0 Å². The van der Waals surface area contributed by atoms with Crippen LogP contribution in [0.3, 0.4) is 0 Å². The van der Waals surface area contributed by atoms with Crippen molar-refractivity contribution in [1.82, 2.24) is 10.2 Å². The van der Waals surface area contributed by atoms with Gasteiger partial charge in [-0.15, -0.1) is 12.4 Å². The van der Waals surface area contributed by atoms with E-state index in [9.17, 15) is 13.2 Å². The van der Waals surface area contributed by atoms with Gasteiger partial charge in [0.05, 0.1) is 6.10 Å². The Labute approximate surface area is 155 Å². The Hall–Kier alpha value is -1.51. The van der Waals surface area contributed by atoms with Crippen LogP contribution in [-0.2, 0) is 14.8 Å². The summed E-state index contributed by atoms with van der Waals surface area (Å²) in [6, 6.07) is 6.62. The first-order chi connectivity index (χ1) is 11.3. The molecule has 1 heterocycles. The van der Waals surface area contributed by atoms with E-state index in [0.717, 1.165) is 0 Å². The highest BCUT2D eigenvalue weighted by molar-refractivity contribution is 7.93. The van der Waals surface area contributed by atoms with Crippen LogP contribution in [0.2, 0.25) is 0 Å². The quantitative estimate of drug-likeness (QED) is 0.766. The summed E-state index contributed by atoms with van der Waals surface area (Å²) in [6.07, 6.45) is 0.0474. The number of ether oxygens (including phenoxy) is 1. The second-order valence-electron chi connectivity index (χ2n) is 6.19. The fourth-order valence-corrected chi connectivity index (χ4v) is 3.60. The predicted molar refractivity (Wildman–Crippen MR) is 101 cm³/mol. The molecule has 1 aliphatic rings. The zero-order valence-corrected chi connectivity index (χ0v) is 16.3. The highest BCUT2D eigenvalue weighted by Crippen LogP contribution is 2.18. The first-order valence-corrected chi connectivity index (χ1v) is 9.69. The van der Waals surface area contributed by atoms with Crippen molar-refractivity contribution < 1.29 is 17.9 Å². The highest BCUT2D eigenvalue weighted by Gasteiger charge is 2.27. The summed E-state index contributed by atoms with van der Waals surface area (Å²) >= 11 is 0. The van der Waals surface area contributed by atoms with E-state index in [4.69, 9.17) is 4.74 Å². The number of carbonyl (C=O) groups excluding carboxylic acids is 1. The van der Waals surface area contributed by atoms with Crippen molar-refractivity contribution in [2.45, 2.75) is 32.9 Å². The van der Waals surface area contributed by atoms with Crippen molar-refractivity contribution in [3.8, 4) is 5.75 Å². The number of amides is 1. The molecule has 1 aliphatic heterocycles. The van der Waals surface area contributed by atoms with Crippen LogP contribution in [0, 0.1) is 0 Å². The third-order valence-electron chi connectivity index (χ3n) is 3.63. The minimum absolute atomic E-state index is 0. The predicted octanol–water partition coefficient (Wildman–Crippen LogP) is 1.46. The van der Waals surface area contributed by atoms with Crippen molar-refractivity contribution in [2.75, 3.05) is 30.1 Å². The Bertz CT molecular complexity index is 664. The maximum atomic E-state index is 12.2. The molecule has 0 bridgehead atoms. The smallest absolute Gasteiger partial charge is 0.241 e. The number of sulfonamides is 1. The second-order valence-corrected chi connectivity index (χ2v) is 7.91. The van der Waals surface area contributed by atoms with Crippen molar-refractivity contribution in [3.63, 3.8) is 0 Å². The molecule has 2 rings (SSSR count). The molecular weight excluding hydrogens is 366 g/mol. The lowest BCUT2D eigenvalue weighted by atomic mass is 10.2. The van der Waals surface area contributed by atoms with Crippen LogP contribution < -0.4 is 14.8 Å². The number of nitrogens with one attached hydrogen (secondary N) is 2. The van der Waals surface area contributed by atoms with E-state index in [1.807, 2.05) is 20.8 Å². The van der Waals surface area contributed by atoms with Gasteiger partial charge in [-0.05, 0) is 45.0 Å². The van der Waals surface area contributed by atoms with E-state index >= 15 is 0 Å². The number of halogens is 1. The SMILES string of the molecule is CC(C)Oc1ccc(NS(=O)(=O)CC(=O)N2CCNC[C@@H]2C)cc1.Cl. The molecule has 1 saturated heterocycles. The lowest BCUT2D eigenvalue weighted by Gasteiger charge is -2.33. The standard InChI is InChI=1S/C16H25N3O4S.ClH/c1-12(2)23-15-6-4-14(5-7-15)18-24(21,22)11-16(20)19-9-8-17-10-13(19)3;/h4-7,12-13,17-18H,8-11H2,1-3H3;1H/t13-;/m0./s1. The zero-order valence-electron chi connectivity index (χ0n) is 14.7. The number of hydrogen-bond donors (Lipinski definition) is 2. The second kappa shape index (κ2) is 9.26. The Morgan fingerprint density at radius 1 is 1.36 bits per heavy atom. The number of nitrogens with zero attached hydrogens (tertiary/aromatic N) is 1. The molecular formula is C16H26ClN3O4S. The van der Waals surface area contributed by atoms with Gasteiger partial charge in [0.2, 0.25) is 15.9 Å². The summed E-state index contributed by atoms with van der Waals surface area (Å²) in [5.74, 6) is -0.267. The number of carbonyl (C=O) groups is 1. The van der Waals surface area contributed by atoms with Gasteiger partial charge in [0, 0.05) is 31.4 Å². The van der Waals surface area contributed by atoms with Crippen LogP contribution in [0.25, 0.3) is 0 Å². The molecule has 0 unspecified atom stereocenters. The Morgan fingerprint density at radius 2 is 2.00 bits per heavy atom. The molecule has 0 spiro atoms. The van der Waals surface area contributed by atoms with Gasteiger partial charge in [-0.2, -0.15) is 0 Å². The maximum Gasteiger partial charge on any atom is 0.241 e. The summed E-state index contributed by atoms with van der Waals surface area (Å²) in [6.45, 7) is 7.62. The first kappa shape index (κ1) is 21.5. The number of benzene rings is 1. The summed E-state index contributed by atoms with van der Waals surface area (Å²) in [5, 5.41) is 3.17. The van der Waals surface area contributed by atoms with Crippen LogP contribution in [0.1, 0.15) is 20.8 Å². The van der Waals surface area contributed by atoms with E-state index in [0.29, 0.717) is 31.1 Å². The van der Waals surface area contributed by atoms with Crippen LogP contribution in [0.4, 0.5) is 5.69 Å². The summed E-state index contributed by atoms with van der Waals surface area (Å²) in [5.41, 5.74) is 0.410. The van der Waals surface area contributed by atoms with E-state index in [1.54, 1.807) is 29.2 Å². The zero-order chi connectivity index (χ0) is 17.7. The van der Waals surface area contributed by atoms with Crippen molar-refractivity contribution in [3.05, 3.63) is 24.3 Å². The largest absolute Gasteiger partial charge is 0.491 e. The molecule has 142 valence electrons. The molecule has 9 heteroatoms. The Morgan fingerprint density at radius 3 is 2.56 bits per heavy atom. The highest BCUT2D eigenvalue weighted by atomic mass is 35.5. The number of rotatable bonds is 6. The molecule has 0 aliphatic carbocycles. The van der Waals surface area contributed by atoms with E-state index < -0.39 is 15.8 Å². The third kappa shape index (κ3) is 6.72. The van der Waals surface area contributed by atoms with Crippen molar-refractivity contribution >= 4 is 34.0 Å².